The predicted octanol–water partition coefficient (Wildman–Crippen LogP) is -0.417. The Bertz CT molecular complexity index is 367. The van der Waals surface area contributed by atoms with Crippen molar-refractivity contribution >= 4 is 18.0 Å². The summed E-state index contributed by atoms with van der Waals surface area (Å²) in [7, 11) is 3.21. The van der Waals surface area contributed by atoms with Gasteiger partial charge in [-0.2, -0.15) is 0 Å². The number of hydrogen-bond donors (Lipinski definition) is 3. The summed E-state index contributed by atoms with van der Waals surface area (Å²) in [4.78, 5) is 34.7. The summed E-state index contributed by atoms with van der Waals surface area (Å²) in [5.74, 6) is -1.40. The molecular weight excluding hydrogens is 268 g/mol. The van der Waals surface area contributed by atoms with E-state index in [1.54, 1.807) is 20.2 Å². The molecule has 0 unspecified atom stereocenters. The highest BCUT2D eigenvalue weighted by atomic mass is 16.6. The van der Waals surface area contributed by atoms with Gasteiger partial charge in [0.25, 0.3) is 0 Å². The Morgan fingerprint density at radius 2 is 2.00 bits per heavy atom. The second-order valence-corrected chi connectivity index (χ2v) is 4.11. The maximum absolute atomic E-state index is 11.2. The predicted molar refractivity (Wildman–Crippen MR) is 70.1 cm³/mol. The number of amides is 2. The van der Waals surface area contributed by atoms with Crippen LogP contribution >= 0.6 is 0 Å². The number of aliphatic hydroxyl groups is 1. The number of carboxylic acid groups (broad SMARTS) is 1. The zero-order chi connectivity index (χ0) is 15.5. The van der Waals surface area contributed by atoms with Gasteiger partial charge < -0.3 is 25.2 Å². The van der Waals surface area contributed by atoms with E-state index < -0.39 is 18.1 Å². The molecule has 2 amide bonds. The highest BCUT2D eigenvalue weighted by molar-refractivity contribution is 5.87. The van der Waals surface area contributed by atoms with Crippen molar-refractivity contribution in [1.29, 1.82) is 0 Å². The number of ether oxygens (including phenoxy) is 1. The molecule has 0 spiro atoms. The Morgan fingerprint density at radius 3 is 2.50 bits per heavy atom. The molecule has 0 fully saturated rings. The van der Waals surface area contributed by atoms with Gasteiger partial charge in [-0.1, -0.05) is 6.08 Å². The molecule has 8 heteroatoms. The maximum Gasteiger partial charge on any atom is 0.407 e. The molecule has 0 heterocycles. The molecule has 0 bridgehead atoms. The number of likely N-dealkylation sites (N-methyl/N-ethyl adjacent to an activating group) is 1. The molecule has 8 nitrogen and oxygen atoms in total. The van der Waals surface area contributed by atoms with Gasteiger partial charge in [0.1, 0.15) is 12.6 Å². The average molecular weight is 288 g/mol. The van der Waals surface area contributed by atoms with E-state index in [0.29, 0.717) is 6.42 Å². The summed E-state index contributed by atoms with van der Waals surface area (Å²) >= 11 is 0. The lowest BCUT2D eigenvalue weighted by Crippen LogP contribution is -2.41. The fourth-order valence-corrected chi connectivity index (χ4v) is 1.18. The van der Waals surface area contributed by atoms with Crippen molar-refractivity contribution in [3.05, 3.63) is 12.2 Å². The number of hydrogen-bond acceptors (Lipinski definition) is 5. The van der Waals surface area contributed by atoms with Crippen LogP contribution in [0.4, 0.5) is 4.79 Å². The van der Waals surface area contributed by atoms with Gasteiger partial charge in [-0.3, -0.25) is 4.79 Å². The second-order valence-electron chi connectivity index (χ2n) is 4.11. The lowest BCUT2D eigenvalue weighted by molar-refractivity contribution is -0.139. The lowest BCUT2D eigenvalue weighted by Gasteiger charge is -2.13. The van der Waals surface area contributed by atoms with Crippen LogP contribution in [-0.4, -0.2) is 66.4 Å². The minimum atomic E-state index is -1.20. The van der Waals surface area contributed by atoms with Crippen LogP contribution in [0.25, 0.3) is 0 Å². The summed E-state index contributed by atoms with van der Waals surface area (Å²) < 4.78 is 4.51. The van der Waals surface area contributed by atoms with Crippen LogP contribution in [0.15, 0.2) is 12.2 Å². The zero-order valence-electron chi connectivity index (χ0n) is 11.5. The summed E-state index contributed by atoms with van der Waals surface area (Å²) in [6, 6.07) is -1.11. The Hall–Kier alpha value is -2.09. The standard InChI is InChI=1S/C12H20N2O6/c1-14(2)10(16)6-4-3-5-9(11(17)18)13-12(19)20-8-7-15/h4,6,9,15H,3,5,7-8H2,1-2H3,(H,13,19)(H,17,18)/b6-4+/t9-/m0/s1. The molecular formula is C12H20N2O6. The molecule has 0 aromatic rings. The summed E-state index contributed by atoms with van der Waals surface area (Å²) in [6.45, 7) is -0.532. The molecule has 0 rings (SSSR count). The molecule has 3 N–H and O–H groups in total. The first-order valence-electron chi connectivity index (χ1n) is 6.03. The number of carboxylic acids is 1. The number of nitrogens with one attached hydrogen (secondary N) is 1. The molecule has 0 saturated heterocycles. The molecule has 0 radical (unpaired) electrons. The Kier molecular flexibility index (Phi) is 8.77. The number of carbonyl (C=O) groups is 3. The van der Waals surface area contributed by atoms with Crippen molar-refractivity contribution in [2.24, 2.45) is 0 Å². The van der Waals surface area contributed by atoms with E-state index in [-0.39, 0.29) is 25.5 Å². The highest BCUT2D eigenvalue weighted by Crippen LogP contribution is 2.00. The third-order valence-corrected chi connectivity index (χ3v) is 2.24. The largest absolute Gasteiger partial charge is 0.480 e. The van der Waals surface area contributed by atoms with Crippen LogP contribution in [0.1, 0.15) is 12.8 Å². The molecule has 0 aliphatic rings. The monoisotopic (exact) mass is 288 g/mol. The van der Waals surface area contributed by atoms with Gasteiger partial charge in [0.05, 0.1) is 6.61 Å². The number of aliphatic hydroxyl groups excluding tert-OH is 1. The van der Waals surface area contributed by atoms with Gasteiger partial charge in [0.15, 0.2) is 0 Å². The molecule has 1 atom stereocenters. The van der Waals surface area contributed by atoms with Crippen LogP contribution in [0.5, 0.6) is 0 Å². The number of alkyl carbamates (subject to hydrolysis) is 1. The third kappa shape index (κ3) is 8.09. The summed E-state index contributed by atoms with van der Waals surface area (Å²) in [5.41, 5.74) is 0. The molecule has 20 heavy (non-hydrogen) atoms. The van der Waals surface area contributed by atoms with E-state index in [1.807, 2.05) is 0 Å². The lowest BCUT2D eigenvalue weighted by atomic mass is 10.1. The van der Waals surface area contributed by atoms with E-state index >= 15 is 0 Å². The number of carbonyl (C=O) groups excluding carboxylic acids is 2. The van der Waals surface area contributed by atoms with Gasteiger partial charge in [-0.15, -0.1) is 0 Å². The molecule has 0 aromatic carbocycles. The number of allylic oxidation sites excluding steroid dienone is 1. The molecule has 114 valence electrons. The molecule has 0 saturated carbocycles. The quantitative estimate of drug-likeness (QED) is 0.522. The van der Waals surface area contributed by atoms with E-state index in [1.165, 1.54) is 11.0 Å². The fraction of sp³-hybridized carbons (Fsp3) is 0.583. The Labute approximate surface area is 117 Å². The average Bonchev–Trinajstić information content (AvgIpc) is 2.38. The topological polar surface area (TPSA) is 116 Å². The normalized spacial score (nSPS) is 11.9. The Balaban J connectivity index is 4.19. The first-order valence-corrected chi connectivity index (χ1v) is 6.03. The molecule has 0 aromatic heterocycles. The summed E-state index contributed by atoms with van der Waals surface area (Å²) in [5, 5.41) is 19.5. The van der Waals surface area contributed by atoms with Crippen molar-refractivity contribution in [1.82, 2.24) is 10.2 Å². The molecule has 0 aliphatic heterocycles. The SMILES string of the molecule is CN(C)C(=O)/C=C/CC[C@H](NC(=O)OCCO)C(=O)O. The van der Waals surface area contributed by atoms with Gasteiger partial charge >= 0.3 is 12.1 Å². The van der Waals surface area contributed by atoms with Gasteiger partial charge in [0, 0.05) is 14.1 Å². The van der Waals surface area contributed by atoms with Crippen LogP contribution in [0, 0.1) is 0 Å². The van der Waals surface area contributed by atoms with Crippen molar-refractivity contribution in [3.63, 3.8) is 0 Å². The number of nitrogens with zero attached hydrogens (tertiary/aromatic N) is 1. The van der Waals surface area contributed by atoms with Crippen LogP contribution in [0.2, 0.25) is 0 Å². The minimum Gasteiger partial charge on any atom is -0.480 e. The number of aliphatic carboxylic acids is 1. The molecule has 0 aliphatic carbocycles. The van der Waals surface area contributed by atoms with Gasteiger partial charge in [0.2, 0.25) is 5.91 Å². The van der Waals surface area contributed by atoms with Crippen molar-refractivity contribution in [2.45, 2.75) is 18.9 Å². The van der Waals surface area contributed by atoms with E-state index in [0.717, 1.165) is 0 Å². The number of rotatable bonds is 8. The fourth-order valence-electron chi connectivity index (χ4n) is 1.18. The van der Waals surface area contributed by atoms with E-state index in [4.69, 9.17) is 10.2 Å². The highest BCUT2D eigenvalue weighted by Gasteiger charge is 2.19. The van der Waals surface area contributed by atoms with Crippen molar-refractivity contribution in [2.75, 3.05) is 27.3 Å². The smallest absolute Gasteiger partial charge is 0.407 e. The van der Waals surface area contributed by atoms with E-state index in [2.05, 4.69) is 10.1 Å². The van der Waals surface area contributed by atoms with Crippen molar-refractivity contribution < 1.29 is 29.3 Å². The Morgan fingerprint density at radius 1 is 1.35 bits per heavy atom. The van der Waals surface area contributed by atoms with Crippen LogP contribution < -0.4 is 5.32 Å². The van der Waals surface area contributed by atoms with Crippen molar-refractivity contribution in [3.8, 4) is 0 Å². The maximum atomic E-state index is 11.2. The second kappa shape index (κ2) is 9.79. The van der Waals surface area contributed by atoms with Gasteiger partial charge in [-0.25, -0.2) is 9.59 Å². The van der Waals surface area contributed by atoms with E-state index in [9.17, 15) is 14.4 Å². The third-order valence-electron chi connectivity index (χ3n) is 2.24. The van der Waals surface area contributed by atoms with Crippen LogP contribution in [-0.2, 0) is 14.3 Å². The zero-order valence-corrected chi connectivity index (χ0v) is 11.5. The van der Waals surface area contributed by atoms with Crippen LogP contribution in [0.3, 0.4) is 0 Å². The summed E-state index contributed by atoms with van der Waals surface area (Å²) in [6.07, 6.45) is 2.42. The first-order chi connectivity index (χ1) is 9.38. The minimum absolute atomic E-state index is 0.126. The van der Waals surface area contributed by atoms with Gasteiger partial charge in [-0.05, 0) is 18.9 Å². The first kappa shape index (κ1) is 17.9.